The number of ether oxygens (including phenoxy) is 3. The topological polar surface area (TPSA) is 88.0 Å². The second-order valence-electron chi connectivity index (χ2n) is 6.43. The Labute approximate surface area is 185 Å². The number of benzene rings is 2. The molecule has 0 radical (unpaired) electrons. The summed E-state index contributed by atoms with van der Waals surface area (Å²) in [5, 5.41) is 14.6. The summed E-state index contributed by atoms with van der Waals surface area (Å²) in [7, 11) is 0. The predicted octanol–water partition coefficient (Wildman–Crippen LogP) is 4.55. The Morgan fingerprint density at radius 3 is 2.19 bits per heavy atom. The molecule has 0 aliphatic heterocycles. The van der Waals surface area contributed by atoms with E-state index >= 15 is 0 Å². The smallest absolute Gasteiger partial charge is 0.416 e. The Balaban J connectivity index is 2.07. The molecule has 0 unspecified atom stereocenters. The molecule has 0 bridgehead atoms. The minimum absolute atomic E-state index is 0.0305. The Morgan fingerprint density at radius 1 is 1.00 bits per heavy atom. The van der Waals surface area contributed by atoms with Gasteiger partial charge in [0, 0.05) is 18.7 Å². The van der Waals surface area contributed by atoms with Gasteiger partial charge in [-0.15, -0.1) is 0 Å². The van der Waals surface area contributed by atoms with Gasteiger partial charge in [-0.2, -0.15) is 18.3 Å². The molecule has 0 atom stereocenters. The molecule has 0 aliphatic rings. The third-order valence-electron chi connectivity index (χ3n) is 4.08. The minimum Gasteiger partial charge on any atom is -0.494 e. The highest BCUT2D eigenvalue weighted by Gasteiger charge is 2.30. The van der Waals surface area contributed by atoms with Crippen LogP contribution in [0.3, 0.4) is 0 Å². The normalized spacial score (nSPS) is 11.3. The van der Waals surface area contributed by atoms with Crippen LogP contribution in [0.4, 0.5) is 13.2 Å². The molecule has 0 aliphatic carbocycles. The lowest BCUT2D eigenvalue weighted by Gasteiger charge is -2.15. The first-order chi connectivity index (χ1) is 15.3. The van der Waals surface area contributed by atoms with Crippen LogP contribution < -0.4 is 25.0 Å². The van der Waals surface area contributed by atoms with Gasteiger partial charge in [-0.3, -0.25) is 5.41 Å². The van der Waals surface area contributed by atoms with E-state index in [-0.39, 0.29) is 12.5 Å². The summed E-state index contributed by atoms with van der Waals surface area (Å²) in [4.78, 5) is 0. The molecule has 2 aromatic rings. The van der Waals surface area contributed by atoms with Crippen LogP contribution in [0.2, 0.25) is 0 Å². The Morgan fingerprint density at radius 2 is 1.62 bits per heavy atom. The highest BCUT2D eigenvalue weighted by Crippen LogP contribution is 2.33. The molecule has 10 heteroatoms. The van der Waals surface area contributed by atoms with E-state index in [1.165, 1.54) is 12.3 Å². The molecule has 3 N–H and O–H groups in total. The van der Waals surface area contributed by atoms with Crippen molar-refractivity contribution in [1.82, 2.24) is 10.7 Å². The number of nitrogens with zero attached hydrogens (tertiary/aromatic N) is 1. The van der Waals surface area contributed by atoms with Crippen LogP contribution in [0, 0.1) is 5.41 Å². The molecule has 0 spiro atoms. The first-order valence-corrected chi connectivity index (χ1v) is 10.1. The number of hydrogen-bond acceptors (Lipinski definition) is 5. The third-order valence-corrected chi connectivity index (χ3v) is 4.08. The van der Waals surface area contributed by atoms with Crippen LogP contribution in [-0.2, 0) is 12.7 Å². The highest BCUT2D eigenvalue weighted by atomic mass is 19.4. The second kappa shape index (κ2) is 11.8. The molecule has 7 nitrogen and oxygen atoms in total. The van der Waals surface area contributed by atoms with Gasteiger partial charge < -0.3 is 19.5 Å². The fourth-order valence-electron chi connectivity index (χ4n) is 2.75. The van der Waals surface area contributed by atoms with Gasteiger partial charge in [0.05, 0.1) is 37.2 Å². The van der Waals surface area contributed by atoms with Crippen molar-refractivity contribution in [3.8, 4) is 17.2 Å². The minimum atomic E-state index is -4.42. The maximum absolute atomic E-state index is 12.8. The maximum Gasteiger partial charge on any atom is 0.416 e. The molecule has 0 saturated carbocycles. The molecule has 32 heavy (non-hydrogen) atoms. The molecular weight excluding hydrogens is 425 g/mol. The van der Waals surface area contributed by atoms with Crippen LogP contribution in [-0.4, -0.2) is 32.0 Å². The van der Waals surface area contributed by atoms with Gasteiger partial charge in [-0.1, -0.05) is 12.1 Å². The molecule has 174 valence electrons. The van der Waals surface area contributed by atoms with E-state index in [1.54, 1.807) is 18.2 Å². The second-order valence-corrected chi connectivity index (χ2v) is 6.43. The van der Waals surface area contributed by atoms with E-state index in [4.69, 9.17) is 19.6 Å². The van der Waals surface area contributed by atoms with Gasteiger partial charge in [0.2, 0.25) is 5.96 Å². The zero-order chi connectivity index (χ0) is 23.6. The zero-order valence-corrected chi connectivity index (χ0v) is 18.2. The van der Waals surface area contributed by atoms with Gasteiger partial charge in [0.1, 0.15) is 17.2 Å². The van der Waals surface area contributed by atoms with Crippen molar-refractivity contribution in [3.05, 3.63) is 53.1 Å². The van der Waals surface area contributed by atoms with Crippen LogP contribution in [0.1, 0.15) is 37.5 Å². The molecule has 2 aromatic carbocycles. The molecule has 0 amide bonds. The molecule has 0 fully saturated rings. The van der Waals surface area contributed by atoms with Crippen molar-refractivity contribution in [3.63, 3.8) is 0 Å². The largest absolute Gasteiger partial charge is 0.494 e. The highest BCUT2D eigenvalue weighted by molar-refractivity contribution is 5.89. The first kappa shape index (κ1) is 24.8. The first-order valence-electron chi connectivity index (χ1n) is 10.1. The average Bonchev–Trinajstić information content (AvgIpc) is 2.74. The SMILES string of the molecule is CCOc1cc(OCC)c(/C=N/NC(=N)NCc2cccc(C(F)(F)F)c2)c(OCC)c1. The fraction of sp³-hybridized carbons (Fsp3) is 0.364. The molecule has 0 saturated heterocycles. The summed E-state index contributed by atoms with van der Waals surface area (Å²) < 4.78 is 55.3. The van der Waals surface area contributed by atoms with Crippen LogP contribution in [0.15, 0.2) is 41.5 Å². The summed E-state index contributed by atoms with van der Waals surface area (Å²) >= 11 is 0. The number of hydrazone groups is 1. The van der Waals surface area contributed by atoms with Crippen molar-refractivity contribution in [2.45, 2.75) is 33.5 Å². The molecular formula is C22H27F3N4O3. The quantitative estimate of drug-likeness (QED) is 0.280. The van der Waals surface area contributed by atoms with Crippen molar-refractivity contribution in [1.29, 1.82) is 5.41 Å². The van der Waals surface area contributed by atoms with Gasteiger partial charge in [0.15, 0.2) is 0 Å². The number of nitrogens with one attached hydrogen (secondary N) is 3. The Kier molecular flexibility index (Phi) is 9.18. The van der Waals surface area contributed by atoms with E-state index in [0.29, 0.717) is 48.2 Å². The molecule has 2 rings (SSSR count). The number of alkyl halides is 3. The number of hydrogen-bond donors (Lipinski definition) is 3. The summed E-state index contributed by atoms with van der Waals surface area (Å²) in [6.45, 7) is 6.93. The van der Waals surface area contributed by atoms with Crippen LogP contribution in [0.5, 0.6) is 17.2 Å². The summed E-state index contributed by atoms with van der Waals surface area (Å²) in [5.41, 5.74) is 2.72. The molecule has 0 aromatic heterocycles. The number of guanidine groups is 1. The monoisotopic (exact) mass is 452 g/mol. The van der Waals surface area contributed by atoms with Crippen LogP contribution >= 0.6 is 0 Å². The number of halogens is 3. The van der Waals surface area contributed by atoms with E-state index in [9.17, 15) is 13.2 Å². The lowest BCUT2D eigenvalue weighted by molar-refractivity contribution is -0.137. The summed E-state index contributed by atoms with van der Waals surface area (Å²) in [6.07, 6.45) is -2.97. The average molecular weight is 452 g/mol. The van der Waals surface area contributed by atoms with Gasteiger partial charge >= 0.3 is 6.18 Å². The van der Waals surface area contributed by atoms with Crippen molar-refractivity contribution in [2.75, 3.05) is 19.8 Å². The third kappa shape index (κ3) is 7.36. The van der Waals surface area contributed by atoms with Gasteiger partial charge in [-0.25, -0.2) is 5.43 Å². The van der Waals surface area contributed by atoms with Crippen molar-refractivity contribution < 1.29 is 27.4 Å². The zero-order valence-electron chi connectivity index (χ0n) is 18.2. The number of rotatable bonds is 10. The van der Waals surface area contributed by atoms with Gasteiger partial charge in [0.25, 0.3) is 0 Å². The van der Waals surface area contributed by atoms with E-state index < -0.39 is 11.7 Å². The Bertz CT molecular complexity index is 906. The van der Waals surface area contributed by atoms with E-state index in [2.05, 4.69) is 15.8 Å². The van der Waals surface area contributed by atoms with E-state index in [1.807, 2.05) is 20.8 Å². The fourth-order valence-corrected chi connectivity index (χ4v) is 2.75. The van der Waals surface area contributed by atoms with E-state index in [0.717, 1.165) is 12.1 Å². The van der Waals surface area contributed by atoms with Gasteiger partial charge in [-0.05, 0) is 38.5 Å². The summed E-state index contributed by atoms with van der Waals surface area (Å²) in [6, 6.07) is 8.36. The standard InChI is InChI=1S/C22H27F3N4O3/c1-4-30-17-11-19(31-5-2)18(20(12-17)32-6-3)14-28-29-21(26)27-13-15-8-7-9-16(10-15)22(23,24)25/h7-12,14H,4-6,13H2,1-3H3,(H3,26,27,29)/b28-14+. The van der Waals surface area contributed by atoms with Crippen molar-refractivity contribution in [2.24, 2.45) is 5.10 Å². The lowest BCUT2D eigenvalue weighted by Crippen LogP contribution is -2.32. The molecule has 0 heterocycles. The maximum atomic E-state index is 12.8. The van der Waals surface area contributed by atoms with Crippen LogP contribution in [0.25, 0.3) is 0 Å². The lowest BCUT2D eigenvalue weighted by atomic mass is 10.1. The van der Waals surface area contributed by atoms with Crippen molar-refractivity contribution >= 4 is 12.2 Å². The Hall–Kier alpha value is -3.43. The summed E-state index contributed by atoms with van der Waals surface area (Å²) in [5.74, 6) is 1.44. The predicted molar refractivity (Wildman–Crippen MR) is 117 cm³/mol.